The van der Waals surface area contributed by atoms with Crippen molar-refractivity contribution in [1.82, 2.24) is 5.32 Å². The van der Waals surface area contributed by atoms with Crippen molar-refractivity contribution >= 4 is 15.9 Å². The van der Waals surface area contributed by atoms with Crippen LogP contribution < -0.4 is 14.8 Å². The Morgan fingerprint density at radius 2 is 1.90 bits per heavy atom. The first-order valence-electron chi connectivity index (χ1n) is 6.25. The highest BCUT2D eigenvalue weighted by Crippen LogP contribution is 2.38. The summed E-state index contributed by atoms with van der Waals surface area (Å²) in [6.45, 7) is 2.02. The predicted octanol–water partition coefficient (Wildman–Crippen LogP) is 3.68. The van der Waals surface area contributed by atoms with E-state index in [4.69, 9.17) is 13.9 Å². The molecule has 2 rings (SSSR count). The van der Waals surface area contributed by atoms with Gasteiger partial charge in [0.25, 0.3) is 0 Å². The van der Waals surface area contributed by atoms with E-state index in [-0.39, 0.29) is 6.04 Å². The molecule has 1 heterocycles. The maximum atomic E-state index is 5.60. The van der Waals surface area contributed by atoms with Crippen molar-refractivity contribution in [2.75, 3.05) is 21.3 Å². The molecule has 1 N–H and O–H groups in total. The average Bonchev–Trinajstić information content (AvgIpc) is 2.87. The number of benzene rings is 1. The Bertz CT molecular complexity index is 595. The minimum Gasteiger partial charge on any atom is -0.496 e. The van der Waals surface area contributed by atoms with Crippen molar-refractivity contribution in [1.29, 1.82) is 0 Å². The van der Waals surface area contributed by atoms with Gasteiger partial charge in [-0.05, 0) is 53.7 Å². The third-order valence-electron chi connectivity index (χ3n) is 3.27. The normalized spacial score (nSPS) is 12.2. The highest BCUT2D eigenvalue weighted by atomic mass is 79.9. The van der Waals surface area contributed by atoms with Crippen LogP contribution in [0.3, 0.4) is 0 Å². The maximum absolute atomic E-state index is 5.60. The van der Waals surface area contributed by atoms with Crippen molar-refractivity contribution in [3.63, 3.8) is 0 Å². The lowest BCUT2D eigenvalue weighted by atomic mass is 10.0. The standard InChI is InChI=1S/C15H18BrNO3/c1-9-5-6-20-15(9)14(17-2)10-7-13(19-4)11(16)8-12(10)18-3/h5-8,14,17H,1-4H3. The third kappa shape index (κ3) is 2.69. The van der Waals surface area contributed by atoms with Crippen LogP contribution in [0.4, 0.5) is 0 Å². The van der Waals surface area contributed by atoms with Crippen LogP contribution >= 0.6 is 15.9 Å². The lowest BCUT2D eigenvalue weighted by molar-refractivity contribution is 0.386. The molecule has 0 spiro atoms. The second-order valence-corrected chi connectivity index (χ2v) is 5.27. The van der Waals surface area contributed by atoms with Crippen LogP contribution in [0.15, 0.2) is 33.4 Å². The summed E-state index contributed by atoms with van der Waals surface area (Å²) < 4.78 is 17.3. The van der Waals surface area contributed by atoms with Gasteiger partial charge in [0, 0.05) is 5.56 Å². The van der Waals surface area contributed by atoms with Crippen molar-refractivity contribution in [3.05, 3.63) is 45.8 Å². The number of ether oxygens (including phenoxy) is 2. The van der Waals surface area contributed by atoms with Gasteiger partial charge in [-0.15, -0.1) is 0 Å². The van der Waals surface area contributed by atoms with Crippen molar-refractivity contribution in [2.45, 2.75) is 13.0 Å². The molecule has 0 bridgehead atoms. The van der Waals surface area contributed by atoms with Crippen LogP contribution in [0.2, 0.25) is 0 Å². The van der Waals surface area contributed by atoms with Gasteiger partial charge in [0.15, 0.2) is 0 Å². The fourth-order valence-electron chi connectivity index (χ4n) is 2.22. The third-order valence-corrected chi connectivity index (χ3v) is 3.89. The van der Waals surface area contributed by atoms with Gasteiger partial charge in [-0.3, -0.25) is 0 Å². The molecular weight excluding hydrogens is 322 g/mol. The highest BCUT2D eigenvalue weighted by Gasteiger charge is 2.23. The predicted molar refractivity (Wildman–Crippen MR) is 81.6 cm³/mol. The van der Waals surface area contributed by atoms with Gasteiger partial charge in [-0.2, -0.15) is 0 Å². The molecule has 0 saturated heterocycles. The van der Waals surface area contributed by atoms with Crippen LogP contribution in [0, 0.1) is 6.92 Å². The number of furan rings is 1. The van der Waals surface area contributed by atoms with Gasteiger partial charge >= 0.3 is 0 Å². The summed E-state index contributed by atoms with van der Waals surface area (Å²) in [7, 11) is 5.18. The van der Waals surface area contributed by atoms with Crippen molar-refractivity contribution < 1.29 is 13.9 Å². The number of methoxy groups -OCH3 is 2. The summed E-state index contributed by atoms with van der Waals surface area (Å²) in [4.78, 5) is 0. The van der Waals surface area contributed by atoms with Crippen LogP contribution in [0.25, 0.3) is 0 Å². The van der Waals surface area contributed by atoms with E-state index in [1.54, 1.807) is 20.5 Å². The maximum Gasteiger partial charge on any atom is 0.133 e. The zero-order valence-corrected chi connectivity index (χ0v) is 13.6. The summed E-state index contributed by atoms with van der Waals surface area (Å²) in [6, 6.07) is 5.70. The monoisotopic (exact) mass is 339 g/mol. The molecule has 1 atom stereocenters. The number of aryl methyl sites for hydroxylation is 1. The first kappa shape index (κ1) is 14.9. The van der Waals surface area contributed by atoms with Gasteiger partial charge in [0.05, 0.1) is 31.0 Å². The Morgan fingerprint density at radius 1 is 1.20 bits per heavy atom. The molecule has 5 heteroatoms. The van der Waals surface area contributed by atoms with E-state index >= 15 is 0 Å². The molecule has 0 aliphatic rings. The molecule has 2 aromatic rings. The topological polar surface area (TPSA) is 43.6 Å². The van der Waals surface area contributed by atoms with E-state index in [9.17, 15) is 0 Å². The van der Waals surface area contributed by atoms with Crippen LogP contribution in [-0.2, 0) is 0 Å². The smallest absolute Gasteiger partial charge is 0.133 e. The Kier molecular flexibility index (Phi) is 4.73. The van der Waals surface area contributed by atoms with E-state index in [1.807, 2.05) is 32.2 Å². The molecule has 0 fully saturated rings. The molecule has 0 saturated carbocycles. The van der Waals surface area contributed by atoms with E-state index in [2.05, 4.69) is 21.2 Å². The fourth-order valence-corrected chi connectivity index (χ4v) is 2.70. The first-order valence-corrected chi connectivity index (χ1v) is 7.04. The molecule has 0 aliphatic carbocycles. The van der Waals surface area contributed by atoms with E-state index in [0.717, 1.165) is 32.9 Å². The Morgan fingerprint density at radius 3 is 2.40 bits per heavy atom. The molecule has 0 radical (unpaired) electrons. The van der Waals surface area contributed by atoms with Gasteiger partial charge < -0.3 is 19.2 Å². The van der Waals surface area contributed by atoms with E-state index < -0.39 is 0 Å². The summed E-state index contributed by atoms with van der Waals surface area (Å²) in [5, 5.41) is 3.26. The molecule has 20 heavy (non-hydrogen) atoms. The zero-order chi connectivity index (χ0) is 14.7. The van der Waals surface area contributed by atoms with E-state index in [1.165, 1.54) is 0 Å². The van der Waals surface area contributed by atoms with Crippen LogP contribution in [-0.4, -0.2) is 21.3 Å². The molecular formula is C15H18BrNO3. The minimum absolute atomic E-state index is 0.0954. The number of nitrogens with one attached hydrogen (secondary N) is 1. The van der Waals surface area contributed by atoms with Gasteiger partial charge in [0.1, 0.15) is 17.3 Å². The first-order chi connectivity index (χ1) is 9.62. The Labute approximate surface area is 127 Å². The highest BCUT2D eigenvalue weighted by molar-refractivity contribution is 9.10. The van der Waals surface area contributed by atoms with Gasteiger partial charge in [-0.25, -0.2) is 0 Å². The molecule has 1 unspecified atom stereocenters. The van der Waals surface area contributed by atoms with Crippen molar-refractivity contribution in [2.24, 2.45) is 0 Å². The fraction of sp³-hybridized carbons (Fsp3) is 0.333. The van der Waals surface area contributed by atoms with Gasteiger partial charge in [0.2, 0.25) is 0 Å². The lowest BCUT2D eigenvalue weighted by Gasteiger charge is -2.20. The summed E-state index contributed by atoms with van der Waals surface area (Å²) in [6.07, 6.45) is 1.69. The van der Waals surface area contributed by atoms with Crippen LogP contribution in [0.5, 0.6) is 11.5 Å². The Balaban J connectivity index is 2.56. The van der Waals surface area contributed by atoms with Crippen molar-refractivity contribution in [3.8, 4) is 11.5 Å². The lowest BCUT2D eigenvalue weighted by Crippen LogP contribution is -2.19. The second-order valence-electron chi connectivity index (χ2n) is 4.42. The van der Waals surface area contributed by atoms with E-state index in [0.29, 0.717) is 0 Å². The average molecular weight is 340 g/mol. The summed E-state index contributed by atoms with van der Waals surface area (Å²) in [5.74, 6) is 2.40. The van der Waals surface area contributed by atoms with Crippen LogP contribution in [0.1, 0.15) is 22.9 Å². The molecule has 1 aromatic carbocycles. The number of hydrogen-bond donors (Lipinski definition) is 1. The summed E-state index contributed by atoms with van der Waals surface area (Å²) in [5.41, 5.74) is 2.06. The zero-order valence-electron chi connectivity index (χ0n) is 12.0. The quantitative estimate of drug-likeness (QED) is 0.902. The molecule has 4 nitrogen and oxygen atoms in total. The second kappa shape index (κ2) is 6.33. The Hall–Kier alpha value is -1.46. The number of halogens is 1. The summed E-state index contributed by atoms with van der Waals surface area (Å²) >= 11 is 3.47. The molecule has 0 amide bonds. The number of hydrogen-bond acceptors (Lipinski definition) is 4. The van der Waals surface area contributed by atoms with Gasteiger partial charge in [-0.1, -0.05) is 0 Å². The molecule has 0 aliphatic heterocycles. The molecule has 108 valence electrons. The SMILES string of the molecule is CNC(c1cc(OC)c(Br)cc1OC)c1occc1C. The molecule has 1 aromatic heterocycles. The minimum atomic E-state index is -0.0954. The largest absolute Gasteiger partial charge is 0.496 e. The number of rotatable bonds is 5.